The Kier molecular flexibility index (Phi) is 7.55. The smallest absolute Gasteiger partial charge is 0.252 e. The second-order valence-electron chi connectivity index (χ2n) is 3.52. The van der Waals surface area contributed by atoms with E-state index in [0.717, 1.165) is 0 Å². The molecule has 0 spiro atoms. The molecule has 0 bridgehead atoms. The summed E-state index contributed by atoms with van der Waals surface area (Å²) < 4.78 is 0. The average Bonchev–Trinajstić information content (AvgIpc) is 2.25. The molecule has 96 valence electrons. The molecule has 0 aliphatic heterocycles. The van der Waals surface area contributed by atoms with Gasteiger partial charge in [-0.15, -0.1) is 12.4 Å². The minimum atomic E-state index is -0.191. The van der Waals surface area contributed by atoms with E-state index in [1.807, 2.05) is 14.0 Å². The monoisotopic (exact) mass is 296 g/mol. The largest absolute Gasteiger partial charge is 0.350 e. The van der Waals surface area contributed by atoms with Crippen LogP contribution in [0.2, 0.25) is 10.0 Å². The van der Waals surface area contributed by atoms with Gasteiger partial charge in [-0.3, -0.25) is 4.79 Å². The molecule has 1 aromatic rings. The molecule has 1 atom stereocenters. The molecular weight excluding hydrogens is 282 g/mol. The molecule has 0 aliphatic rings. The average molecular weight is 298 g/mol. The highest BCUT2D eigenvalue weighted by molar-refractivity contribution is 6.36. The van der Waals surface area contributed by atoms with Gasteiger partial charge >= 0.3 is 0 Å². The highest BCUT2D eigenvalue weighted by Crippen LogP contribution is 2.20. The van der Waals surface area contributed by atoms with Crippen molar-refractivity contribution in [3.8, 4) is 0 Å². The Labute approximate surface area is 117 Å². The Morgan fingerprint density at radius 2 is 2.06 bits per heavy atom. The summed E-state index contributed by atoms with van der Waals surface area (Å²) >= 11 is 11.7. The van der Waals surface area contributed by atoms with Crippen LogP contribution >= 0.6 is 35.6 Å². The number of amides is 1. The number of hydrogen-bond donors (Lipinski definition) is 2. The van der Waals surface area contributed by atoms with E-state index < -0.39 is 0 Å². The van der Waals surface area contributed by atoms with Gasteiger partial charge in [0, 0.05) is 17.6 Å². The summed E-state index contributed by atoms with van der Waals surface area (Å²) in [5.41, 5.74) is 0.439. The lowest BCUT2D eigenvalue weighted by Crippen LogP contribution is -2.37. The zero-order valence-electron chi connectivity index (χ0n) is 9.59. The highest BCUT2D eigenvalue weighted by Gasteiger charge is 2.10. The Morgan fingerprint density at radius 3 is 2.59 bits per heavy atom. The van der Waals surface area contributed by atoms with E-state index in [0.29, 0.717) is 22.2 Å². The lowest BCUT2D eigenvalue weighted by Gasteiger charge is -2.12. The first kappa shape index (κ1) is 16.5. The first-order valence-electron chi connectivity index (χ1n) is 4.95. The van der Waals surface area contributed by atoms with Crippen molar-refractivity contribution < 1.29 is 4.79 Å². The van der Waals surface area contributed by atoms with Gasteiger partial charge in [-0.2, -0.15) is 0 Å². The van der Waals surface area contributed by atoms with Gasteiger partial charge in [0.25, 0.3) is 5.91 Å². The van der Waals surface area contributed by atoms with Crippen LogP contribution < -0.4 is 10.6 Å². The fourth-order valence-corrected chi connectivity index (χ4v) is 1.61. The zero-order chi connectivity index (χ0) is 12.1. The van der Waals surface area contributed by atoms with Crippen LogP contribution in [0.3, 0.4) is 0 Å². The lowest BCUT2D eigenvalue weighted by molar-refractivity contribution is 0.0950. The van der Waals surface area contributed by atoms with Crippen LogP contribution in [0, 0.1) is 0 Å². The van der Waals surface area contributed by atoms with Gasteiger partial charge in [0.05, 0.1) is 10.6 Å². The normalized spacial score (nSPS) is 11.5. The van der Waals surface area contributed by atoms with E-state index in [4.69, 9.17) is 23.2 Å². The van der Waals surface area contributed by atoms with E-state index in [-0.39, 0.29) is 24.4 Å². The first-order chi connectivity index (χ1) is 7.54. The van der Waals surface area contributed by atoms with Crippen molar-refractivity contribution in [3.63, 3.8) is 0 Å². The molecule has 0 saturated heterocycles. The molecule has 1 rings (SSSR count). The zero-order valence-corrected chi connectivity index (χ0v) is 11.9. The minimum Gasteiger partial charge on any atom is -0.350 e. The Bertz CT molecular complexity index is 385. The summed E-state index contributed by atoms with van der Waals surface area (Å²) in [6.07, 6.45) is 0. The van der Waals surface area contributed by atoms with E-state index in [2.05, 4.69) is 10.6 Å². The first-order valence-corrected chi connectivity index (χ1v) is 5.70. The summed E-state index contributed by atoms with van der Waals surface area (Å²) in [5, 5.41) is 6.69. The molecule has 0 radical (unpaired) electrons. The molecular formula is C11H15Cl3N2O. The quantitative estimate of drug-likeness (QED) is 0.897. The predicted octanol–water partition coefficient (Wildman–Crippen LogP) is 2.75. The number of carbonyl (C=O) groups excluding carboxylic acids is 1. The molecule has 6 heteroatoms. The van der Waals surface area contributed by atoms with Crippen molar-refractivity contribution in [1.29, 1.82) is 0 Å². The van der Waals surface area contributed by atoms with E-state index >= 15 is 0 Å². The third-order valence-electron chi connectivity index (χ3n) is 2.24. The number of benzene rings is 1. The van der Waals surface area contributed by atoms with Gasteiger partial charge in [0.1, 0.15) is 0 Å². The van der Waals surface area contributed by atoms with Gasteiger partial charge in [-0.05, 0) is 32.2 Å². The highest BCUT2D eigenvalue weighted by atomic mass is 35.5. The van der Waals surface area contributed by atoms with Crippen LogP contribution in [-0.2, 0) is 0 Å². The van der Waals surface area contributed by atoms with Crippen LogP contribution in [0.5, 0.6) is 0 Å². The summed E-state index contributed by atoms with van der Waals surface area (Å²) in [6, 6.07) is 5.03. The Morgan fingerprint density at radius 1 is 1.41 bits per heavy atom. The topological polar surface area (TPSA) is 41.1 Å². The maximum absolute atomic E-state index is 11.7. The SMILES string of the molecule is CNC(C)CNC(=O)c1ccc(Cl)cc1Cl.Cl. The second-order valence-corrected chi connectivity index (χ2v) is 4.37. The number of nitrogens with one attached hydrogen (secondary N) is 2. The molecule has 3 nitrogen and oxygen atoms in total. The maximum atomic E-state index is 11.7. The van der Waals surface area contributed by atoms with E-state index in [9.17, 15) is 4.79 Å². The van der Waals surface area contributed by atoms with Crippen LogP contribution in [-0.4, -0.2) is 25.5 Å². The molecule has 0 saturated carbocycles. The van der Waals surface area contributed by atoms with Crippen LogP contribution in [0.1, 0.15) is 17.3 Å². The van der Waals surface area contributed by atoms with Crippen molar-refractivity contribution in [2.45, 2.75) is 13.0 Å². The lowest BCUT2D eigenvalue weighted by atomic mass is 10.2. The number of hydrogen-bond acceptors (Lipinski definition) is 2. The standard InChI is InChI=1S/C11H14Cl2N2O.ClH/c1-7(14-2)6-15-11(16)9-4-3-8(12)5-10(9)13;/h3-5,7,14H,6H2,1-2H3,(H,15,16);1H. The summed E-state index contributed by atoms with van der Waals surface area (Å²) in [6.45, 7) is 2.53. The summed E-state index contributed by atoms with van der Waals surface area (Å²) in [7, 11) is 1.84. The maximum Gasteiger partial charge on any atom is 0.252 e. The Hall–Kier alpha value is -0.480. The van der Waals surface area contributed by atoms with Gasteiger partial charge in [0.15, 0.2) is 0 Å². The number of likely N-dealkylation sites (N-methyl/N-ethyl adjacent to an activating group) is 1. The van der Waals surface area contributed by atoms with Crippen LogP contribution in [0.25, 0.3) is 0 Å². The minimum absolute atomic E-state index is 0. The van der Waals surface area contributed by atoms with Crippen LogP contribution in [0.4, 0.5) is 0 Å². The van der Waals surface area contributed by atoms with Gasteiger partial charge in [-0.25, -0.2) is 0 Å². The molecule has 0 aromatic heterocycles. The van der Waals surface area contributed by atoms with Crippen molar-refractivity contribution in [2.24, 2.45) is 0 Å². The van der Waals surface area contributed by atoms with Crippen molar-refractivity contribution in [2.75, 3.05) is 13.6 Å². The molecule has 1 unspecified atom stereocenters. The second kappa shape index (κ2) is 7.77. The Balaban J connectivity index is 0.00000256. The van der Waals surface area contributed by atoms with Gasteiger partial charge < -0.3 is 10.6 Å². The fraction of sp³-hybridized carbons (Fsp3) is 0.364. The van der Waals surface area contributed by atoms with Crippen molar-refractivity contribution in [1.82, 2.24) is 10.6 Å². The van der Waals surface area contributed by atoms with Gasteiger partial charge in [-0.1, -0.05) is 23.2 Å². The number of carbonyl (C=O) groups is 1. The van der Waals surface area contributed by atoms with Gasteiger partial charge in [0.2, 0.25) is 0 Å². The number of halogens is 3. The molecule has 17 heavy (non-hydrogen) atoms. The van der Waals surface area contributed by atoms with Crippen molar-refractivity contribution in [3.05, 3.63) is 33.8 Å². The van der Waals surface area contributed by atoms with Crippen LogP contribution in [0.15, 0.2) is 18.2 Å². The molecule has 0 heterocycles. The summed E-state index contributed by atoms with van der Waals surface area (Å²) in [5.74, 6) is -0.191. The predicted molar refractivity (Wildman–Crippen MR) is 74.6 cm³/mol. The molecule has 2 N–H and O–H groups in total. The van der Waals surface area contributed by atoms with E-state index in [1.54, 1.807) is 18.2 Å². The fourth-order valence-electron chi connectivity index (χ4n) is 1.12. The van der Waals surface area contributed by atoms with E-state index in [1.165, 1.54) is 0 Å². The van der Waals surface area contributed by atoms with Crippen molar-refractivity contribution >= 4 is 41.5 Å². The molecule has 1 amide bonds. The molecule has 1 aromatic carbocycles. The number of rotatable bonds is 4. The summed E-state index contributed by atoms with van der Waals surface area (Å²) in [4.78, 5) is 11.7. The third kappa shape index (κ3) is 5.13. The molecule has 0 aliphatic carbocycles. The molecule has 0 fully saturated rings. The third-order valence-corrected chi connectivity index (χ3v) is 2.79.